The first-order chi connectivity index (χ1) is 23.2. The van der Waals surface area contributed by atoms with Crippen molar-refractivity contribution in [1.82, 2.24) is 4.98 Å². The Kier molecular flexibility index (Phi) is 11.9. The van der Waals surface area contributed by atoms with Crippen LogP contribution in [0.25, 0.3) is 11.1 Å². The van der Waals surface area contributed by atoms with Crippen LogP contribution in [0.1, 0.15) is 49.9 Å². The molecule has 0 saturated heterocycles. The molecule has 0 fully saturated rings. The molecule has 0 aliphatic rings. The zero-order valence-electron chi connectivity index (χ0n) is 27.9. The number of benzene rings is 3. The number of carbonyl (C=O) groups excluding carboxylic acids is 2. The van der Waals surface area contributed by atoms with Crippen LogP contribution in [0.5, 0.6) is 17.4 Å². The lowest BCUT2D eigenvalue weighted by atomic mass is 9.84. The van der Waals surface area contributed by atoms with E-state index in [1.807, 2.05) is 31.2 Å². The third kappa shape index (κ3) is 9.71. The molecule has 1 aromatic heterocycles. The number of pyridine rings is 1. The topological polar surface area (TPSA) is 96.0 Å². The van der Waals surface area contributed by atoms with Gasteiger partial charge in [-0.1, -0.05) is 30.3 Å². The van der Waals surface area contributed by atoms with Crippen LogP contribution < -0.4 is 19.5 Å². The van der Waals surface area contributed by atoms with Gasteiger partial charge in [0.1, 0.15) is 18.2 Å². The Hall–Kier alpha value is -5.13. The average Bonchev–Trinajstić information content (AvgIpc) is 3.05. The summed E-state index contributed by atoms with van der Waals surface area (Å²) in [7, 11) is 1.58. The molecule has 3 aromatic carbocycles. The van der Waals surface area contributed by atoms with E-state index in [1.165, 1.54) is 44.3 Å². The van der Waals surface area contributed by atoms with Gasteiger partial charge in [0, 0.05) is 17.4 Å². The number of nitrogens with one attached hydrogen (secondary N) is 1. The van der Waals surface area contributed by atoms with Gasteiger partial charge in [-0.2, -0.15) is 13.2 Å². The predicted octanol–water partition coefficient (Wildman–Crippen LogP) is 8.21. The molecule has 4 aromatic rings. The highest BCUT2D eigenvalue weighted by atomic mass is 19.4. The minimum absolute atomic E-state index is 0.0440. The Labute approximate surface area is 282 Å². The van der Waals surface area contributed by atoms with Crippen molar-refractivity contribution < 1.29 is 46.1 Å². The lowest BCUT2D eigenvalue weighted by Gasteiger charge is -2.24. The van der Waals surface area contributed by atoms with Crippen LogP contribution in [0.3, 0.4) is 0 Å². The van der Waals surface area contributed by atoms with E-state index in [9.17, 15) is 22.8 Å². The van der Waals surface area contributed by atoms with E-state index in [0.29, 0.717) is 23.5 Å². The summed E-state index contributed by atoms with van der Waals surface area (Å²) < 4.78 is 79.0. The van der Waals surface area contributed by atoms with Gasteiger partial charge in [-0.15, -0.1) is 0 Å². The smallest absolute Gasteiger partial charge is 0.416 e. The molecule has 0 saturated carbocycles. The molecule has 1 heterocycles. The minimum atomic E-state index is -4.75. The van der Waals surface area contributed by atoms with E-state index in [4.69, 9.17) is 18.9 Å². The normalized spacial score (nSPS) is 11.5. The highest BCUT2D eigenvalue weighted by Crippen LogP contribution is 2.37. The number of methoxy groups -OCH3 is 1. The van der Waals surface area contributed by atoms with Crippen molar-refractivity contribution in [2.45, 2.75) is 53.3 Å². The van der Waals surface area contributed by atoms with Gasteiger partial charge in [0.15, 0.2) is 5.75 Å². The van der Waals surface area contributed by atoms with Crippen LogP contribution in [0.2, 0.25) is 0 Å². The van der Waals surface area contributed by atoms with Crippen LogP contribution in [-0.2, 0) is 40.0 Å². The van der Waals surface area contributed by atoms with Crippen molar-refractivity contribution in [2.75, 3.05) is 25.6 Å². The van der Waals surface area contributed by atoms with E-state index < -0.39 is 41.3 Å². The predicted molar refractivity (Wildman–Crippen MR) is 176 cm³/mol. The molecule has 0 unspecified atom stereocenters. The van der Waals surface area contributed by atoms with E-state index >= 15 is 4.39 Å². The molecule has 0 atom stereocenters. The zero-order chi connectivity index (χ0) is 35.8. The number of hydrogen-bond donors (Lipinski definition) is 1. The van der Waals surface area contributed by atoms with E-state index in [-0.39, 0.29) is 42.3 Å². The molecule has 0 bridgehead atoms. The van der Waals surface area contributed by atoms with Crippen molar-refractivity contribution >= 4 is 17.6 Å². The number of anilines is 1. The average molecular weight is 683 g/mol. The molecular weight excluding hydrogens is 644 g/mol. The molecule has 8 nitrogen and oxygen atoms in total. The Morgan fingerprint density at radius 1 is 0.857 bits per heavy atom. The summed E-state index contributed by atoms with van der Waals surface area (Å²) in [4.78, 5) is 29.5. The summed E-state index contributed by atoms with van der Waals surface area (Å²) in [6.45, 7) is 7.11. The molecule has 0 radical (unpaired) electrons. The highest BCUT2D eigenvalue weighted by molar-refractivity contribution is 5.92. The molecule has 0 aliphatic carbocycles. The lowest BCUT2D eigenvalue weighted by molar-refractivity contribution is -0.154. The van der Waals surface area contributed by atoms with Gasteiger partial charge in [-0.05, 0) is 92.8 Å². The number of rotatable bonds is 14. The number of amides is 1. The van der Waals surface area contributed by atoms with Crippen LogP contribution in [0.15, 0.2) is 72.9 Å². The fraction of sp³-hybridized carbons (Fsp3) is 0.324. The number of ether oxygens (including phenoxy) is 4. The second-order valence-electron chi connectivity index (χ2n) is 11.8. The van der Waals surface area contributed by atoms with Crippen molar-refractivity contribution in [3.8, 4) is 28.5 Å². The molecule has 12 heteroatoms. The van der Waals surface area contributed by atoms with Gasteiger partial charge >= 0.3 is 12.1 Å². The van der Waals surface area contributed by atoms with Gasteiger partial charge < -0.3 is 24.3 Å². The number of nitrogens with zero attached hydrogens (tertiary/aromatic N) is 1. The first-order valence-corrected chi connectivity index (χ1v) is 15.6. The summed E-state index contributed by atoms with van der Waals surface area (Å²) in [5.74, 6) is -0.660. The van der Waals surface area contributed by atoms with Crippen LogP contribution in [0, 0.1) is 11.2 Å². The monoisotopic (exact) mass is 682 g/mol. The number of halogens is 4. The zero-order valence-corrected chi connectivity index (χ0v) is 27.9. The number of esters is 1. The number of carbonyl (C=O) groups is 2. The summed E-state index contributed by atoms with van der Waals surface area (Å²) in [5, 5.41) is 2.42. The Balaban J connectivity index is 1.46. The van der Waals surface area contributed by atoms with Crippen LogP contribution in [-0.4, -0.2) is 37.2 Å². The van der Waals surface area contributed by atoms with Crippen LogP contribution in [0.4, 0.5) is 23.2 Å². The molecule has 4 rings (SSSR count). The van der Waals surface area contributed by atoms with Gasteiger partial charge in [0.25, 0.3) is 5.88 Å². The fourth-order valence-corrected chi connectivity index (χ4v) is 5.03. The quantitative estimate of drug-likeness (QED) is 0.106. The molecule has 0 aliphatic heterocycles. The largest absolute Gasteiger partial charge is 0.497 e. The van der Waals surface area contributed by atoms with Crippen molar-refractivity contribution in [3.05, 3.63) is 101 Å². The second kappa shape index (κ2) is 15.8. The Bertz CT molecular complexity index is 1770. The second-order valence-corrected chi connectivity index (χ2v) is 11.8. The lowest BCUT2D eigenvalue weighted by Crippen LogP contribution is -2.30. The summed E-state index contributed by atoms with van der Waals surface area (Å²) in [5.41, 5.74) is -0.491. The van der Waals surface area contributed by atoms with E-state index in [0.717, 1.165) is 17.4 Å². The molecular formula is C37H38F4N2O6. The van der Waals surface area contributed by atoms with Crippen LogP contribution >= 0.6 is 0 Å². The number of alkyl halides is 3. The van der Waals surface area contributed by atoms with Gasteiger partial charge in [-0.3, -0.25) is 9.59 Å². The number of hydrogen-bond acceptors (Lipinski definition) is 7. The van der Waals surface area contributed by atoms with Gasteiger partial charge in [-0.25, -0.2) is 9.37 Å². The molecule has 1 N–H and O–H groups in total. The SMILES string of the molecule is CCOC(=O)C(C)(C)Cc1ccc(NC(=O)Cc2ccc(-c3cnc(OCc4ccc(OC)cc4)c(OCC)c3)cc2F)cc1C(F)(F)F. The summed E-state index contributed by atoms with van der Waals surface area (Å²) >= 11 is 0. The molecule has 0 spiro atoms. The fourth-order valence-electron chi connectivity index (χ4n) is 5.03. The van der Waals surface area contributed by atoms with Crippen molar-refractivity contribution in [2.24, 2.45) is 5.41 Å². The van der Waals surface area contributed by atoms with E-state index in [2.05, 4.69) is 10.3 Å². The third-order valence-corrected chi connectivity index (χ3v) is 7.55. The maximum absolute atomic E-state index is 15.2. The van der Waals surface area contributed by atoms with Gasteiger partial charge in [0.2, 0.25) is 5.91 Å². The number of aromatic nitrogens is 1. The first kappa shape index (κ1) is 36.7. The van der Waals surface area contributed by atoms with Gasteiger partial charge in [0.05, 0.1) is 37.7 Å². The van der Waals surface area contributed by atoms with Crippen molar-refractivity contribution in [1.29, 1.82) is 0 Å². The first-order valence-electron chi connectivity index (χ1n) is 15.6. The summed E-state index contributed by atoms with van der Waals surface area (Å²) in [6, 6.07) is 16.7. The Morgan fingerprint density at radius 3 is 2.20 bits per heavy atom. The molecule has 1 amide bonds. The molecule has 49 heavy (non-hydrogen) atoms. The maximum Gasteiger partial charge on any atom is 0.416 e. The Morgan fingerprint density at radius 2 is 1.57 bits per heavy atom. The standard InChI is InChI=1S/C37H38F4N2O6/c1-6-47-32-17-27(21-42-34(32)49-22-23-8-14-29(46-5)15-9-23)24-10-11-25(31(38)16-24)18-33(44)43-28-13-12-26(30(19-28)37(39,40)41)20-36(3,4)35(45)48-7-2/h8-17,19,21H,6-7,18,20,22H2,1-5H3,(H,43,44). The minimum Gasteiger partial charge on any atom is -0.497 e. The maximum atomic E-state index is 15.2. The van der Waals surface area contributed by atoms with E-state index in [1.54, 1.807) is 26.2 Å². The molecule has 260 valence electrons. The third-order valence-electron chi connectivity index (χ3n) is 7.55. The highest BCUT2D eigenvalue weighted by Gasteiger charge is 2.37. The van der Waals surface area contributed by atoms with Crippen molar-refractivity contribution in [3.63, 3.8) is 0 Å². The summed E-state index contributed by atoms with van der Waals surface area (Å²) in [6.07, 6.45) is -3.89.